The molecule has 0 bridgehead atoms. The van der Waals surface area contributed by atoms with Crippen LogP contribution in [-0.2, 0) is 19.5 Å². The molecule has 0 unspecified atom stereocenters. The van der Waals surface area contributed by atoms with Crippen molar-refractivity contribution in [1.82, 2.24) is 19.9 Å². The summed E-state index contributed by atoms with van der Waals surface area (Å²) < 4.78 is 0. The van der Waals surface area contributed by atoms with Crippen molar-refractivity contribution >= 4 is 22.9 Å². The number of fused-ring (bicyclic) bond motifs is 1. The number of nitrogens with zero attached hydrogens (tertiary/aromatic N) is 4. The van der Waals surface area contributed by atoms with E-state index >= 15 is 0 Å². The van der Waals surface area contributed by atoms with Gasteiger partial charge in [0.2, 0.25) is 0 Å². The number of hydrogen-bond acceptors (Lipinski definition) is 5. The topological polar surface area (TPSA) is 41.9 Å². The van der Waals surface area contributed by atoms with Gasteiger partial charge in [0.05, 0.1) is 16.3 Å². The van der Waals surface area contributed by atoms with Crippen molar-refractivity contribution in [2.45, 2.75) is 19.5 Å². The minimum atomic E-state index is 0.738. The Hall–Kier alpha value is -2.60. The molecule has 6 heteroatoms. The lowest BCUT2D eigenvalue weighted by atomic mass is 10.1. The van der Waals surface area contributed by atoms with E-state index in [4.69, 9.17) is 16.6 Å². The summed E-state index contributed by atoms with van der Waals surface area (Å²) in [4.78, 5) is 17.6. The van der Waals surface area contributed by atoms with Crippen molar-refractivity contribution in [3.8, 4) is 22.0 Å². The number of hydrogen-bond donors (Lipinski definition) is 0. The van der Waals surface area contributed by atoms with E-state index in [2.05, 4.69) is 38.4 Å². The van der Waals surface area contributed by atoms with Crippen molar-refractivity contribution in [1.29, 1.82) is 0 Å². The van der Waals surface area contributed by atoms with Crippen LogP contribution in [0.3, 0.4) is 0 Å². The number of pyridine rings is 1. The zero-order valence-corrected chi connectivity index (χ0v) is 17.3. The Balaban J connectivity index is 1.27. The smallest absolute Gasteiger partial charge is 0.169 e. The van der Waals surface area contributed by atoms with Crippen LogP contribution >= 0.6 is 22.9 Å². The monoisotopic (exact) mass is 418 g/mol. The zero-order chi connectivity index (χ0) is 19.6. The van der Waals surface area contributed by atoms with Gasteiger partial charge in [0, 0.05) is 54.6 Å². The van der Waals surface area contributed by atoms with Crippen LogP contribution in [0.1, 0.15) is 16.8 Å². The lowest BCUT2D eigenvalue weighted by Crippen LogP contribution is -2.31. The van der Waals surface area contributed by atoms with Crippen LogP contribution in [0.4, 0.5) is 0 Å². The van der Waals surface area contributed by atoms with Gasteiger partial charge in [0.25, 0.3) is 0 Å². The highest BCUT2D eigenvalue weighted by molar-refractivity contribution is 7.13. The lowest BCUT2D eigenvalue weighted by molar-refractivity contribution is 0.242. The molecule has 144 valence electrons. The highest BCUT2D eigenvalue weighted by atomic mass is 35.5. The normalized spacial score (nSPS) is 14.0. The van der Waals surface area contributed by atoms with Crippen LogP contribution in [0.25, 0.3) is 22.0 Å². The molecule has 0 saturated heterocycles. The Kier molecular flexibility index (Phi) is 5.10. The van der Waals surface area contributed by atoms with Gasteiger partial charge in [0.15, 0.2) is 5.82 Å². The van der Waals surface area contributed by atoms with Gasteiger partial charge in [-0.2, -0.15) is 0 Å². The van der Waals surface area contributed by atoms with Gasteiger partial charge in [-0.1, -0.05) is 35.9 Å². The summed E-state index contributed by atoms with van der Waals surface area (Å²) in [5.74, 6) is 0.842. The molecule has 5 rings (SSSR count). The zero-order valence-electron chi connectivity index (χ0n) is 15.8. The van der Waals surface area contributed by atoms with Gasteiger partial charge in [-0.15, -0.1) is 11.3 Å². The summed E-state index contributed by atoms with van der Waals surface area (Å²) in [6.45, 7) is 2.74. The molecule has 0 fully saturated rings. The number of aromatic nitrogens is 3. The molecule has 0 radical (unpaired) electrons. The van der Waals surface area contributed by atoms with Crippen LogP contribution in [-0.4, -0.2) is 26.4 Å². The maximum atomic E-state index is 5.97. The van der Waals surface area contributed by atoms with Gasteiger partial charge in [-0.05, 0) is 35.2 Å². The molecule has 1 aromatic carbocycles. The molecular formula is C23H19ClN4S. The summed E-state index contributed by atoms with van der Waals surface area (Å²) >= 11 is 7.65. The minimum absolute atomic E-state index is 0.738. The van der Waals surface area contributed by atoms with Gasteiger partial charge < -0.3 is 0 Å². The van der Waals surface area contributed by atoms with Crippen LogP contribution in [0.5, 0.6) is 0 Å². The third kappa shape index (κ3) is 4.08. The van der Waals surface area contributed by atoms with E-state index in [0.29, 0.717) is 0 Å². The van der Waals surface area contributed by atoms with E-state index in [1.165, 1.54) is 16.8 Å². The van der Waals surface area contributed by atoms with E-state index in [0.717, 1.165) is 53.0 Å². The summed E-state index contributed by atoms with van der Waals surface area (Å²) in [5, 5.41) is 2.80. The van der Waals surface area contributed by atoms with Gasteiger partial charge >= 0.3 is 0 Å². The van der Waals surface area contributed by atoms with Crippen molar-refractivity contribution in [2.75, 3.05) is 6.54 Å². The number of rotatable bonds is 4. The molecule has 4 aromatic rings. The minimum Gasteiger partial charge on any atom is -0.294 e. The molecule has 1 aliphatic rings. The summed E-state index contributed by atoms with van der Waals surface area (Å²) in [6, 6.07) is 16.1. The fourth-order valence-corrected chi connectivity index (χ4v) is 4.39. The molecule has 0 spiro atoms. The van der Waals surface area contributed by atoms with Gasteiger partial charge in [-0.25, -0.2) is 9.97 Å². The highest BCUT2D eigenvalue weighted by Gasteiger charge is 2.19. The molecule has 3 aromatic heterocycles. The predicted molar refractivity (Wildman–Crippen MR) is 118 cm³/mol. The lowest BCUT2D eigenvalue weighted by Gasteiger charge is -2.28. The maximum Gasteiger partial charge on any atom is 0.169 e. The predicted octanol–water partition coefficient (Wildman–Crippen LogP) is 5.48. The SMILES string of the molecule is Clc1ccc(-c2ccc(CN3CCc4nc(-c5cccs5)ncc4C3)cn2)cc1. The molecule has 29 heavy (non-hydrogen) atoms. The van der Waals surface area contributed by atoms with Crippen LogP contribution in [0.15, 0.2) is 66.3 Å². The summed E-state index contributed by atoms with van der Waals surface area (Å²) in [5.41, 5.74) is 5.65. The molecule has 1 aliphatic heterocycles. The molecule has 0 N–H and O–H groups in total. The Morgan fingerprint density at radius 2 is 1.90 bits per heavy atom. The second-order valence-electron chi connectivity index (χ2n) is 7.16. The average molecular weight is 419 g/mol. The second kappa shape index (κ2) is 8.03. The molecule has 0 amide bonds. The van der Waals surface area contributed by atoms with Crippen LogP contribution < -0.4 is 0 Å². The van der Waals surface area contributed by atoms with E-state index in [-0.39, 0.29) is 0 Å². The van der Waals surface area contributed by atoms with Gasteiger partial charge in [0.1, 0.15) is 0 Å². The van der Waals surface area contributed by atoms with E-state index in [1.807, 2.05) is 42.7 Å². The number of benzene rings is 1. The third-order valence-electron chi connectivity index (χ3n) is 5.13. The third-order valence-corrected chi connectivity index (χ3v) is 6.24. The fraction of sp³-hybridized carbons (Fsp3) is 0.174. The van der Waals surface area contributed by atoms with Crippen molar-refractivity contribution < 1.29 is 0 Å². The Bertz CT molecular complexity index is 1110. The van der Waals surface area contributed by atoms with Crippen molar-refractivity contribution in [3.63, 3.8) is 0 Å². The fourth-order valence-electron chi connectivity index (χ4n) is 3.60. The second-order valence-corrected chi connectivity index (χ2v) is 8.55. The Labute approximate surface area is 178 Å². The first-order chi connectivity index (χ1) is 14.2. The van der Waals surface area contributed by atoms with Gasteiger partial charge in [-0.3, -0.25) is 9.88 Å². The van der Waals surface area contributed by atoms with E-state index < -0.39 is 0 Å². The molecule has 0 aliphatic carbocycles. The number of halogens is 1. The first-order valence-electron chi connectivity index (χ1n) is 9.56. The van der Waals surface area contributed by atoms with E-state index in [1.54, 1.807) is 11.3 Å². The quantitative estimate of drug-likeness (QED) is 0.440. The first-order valence-corrected chi connectivity index (χ1v) is 10.8. The summed E-state index contributed by atoms with van der Waals surface area (Å²) in [7, 11) is 0. The highest BCUT2D eigenvalue weighted by Crippen LogP contribution is 2.25. The Morgan fingerprint density at radius 3 is 2.66 bits per heavy atom. The van der Waals surface area contributed by atoms with Crippen molar-refractivity contribution in [2.24, 2.45) is 0 Å². The Morgan fingerprint density at radius 1 is 1.00 bits per heavy atom. The molecule has 4 heterocycles. The van der Waals surface area contributed by atoms with Crippen LogP contribution in [0, 0.1) is 0 Å². The molecule has 0 saturated carbocycles. The van der Waals surface area contributed by atoms with E-state index in [9.17, 15) is 0 Å². The standard InChI is InChI=1S/C23H19ClN4S/c24-19-6-4-17(5-7-19)20-8-3-16(12-25-20)14-28-10-9-21-18(15-28)13-26-23(27-21)22-2-1-11-29-22/h1-8,11-13H,9-10,14-15H2. The molecule has 4 nitrogen and oxygen atoms in total. The first kappa shape index (κ1) is 18.4. The largest absolute Gasteiger partial charge is 0.294 e. The van der Waals surface area contributed by atoms with Crippen molar-refractivity contribution in [3.05, 3.63) is 88.1 Å². The maximum absolute atomic E-state index is 5.97. The molecular weight excluding hydrogens is 400 g/mol. The average Bonchev–Trinajstić information content (AvgIpc) is 3.30. The van der Waals surface area contributed by atoms with Crippen LogP contribution in [0.2, 0.25) is 5.02 Å². The molecule has 0 atom stereocenters. The summed E-state index contributed by atoms with van der Waals surface area (Å²) in [6.07, 6.45) is 4.91. The number of thiophene rings is 1.